The van der Waals surface area contributed by atoms with Crippen LogP contribution in [0.4, 0.5) is 21.0 Å². The topological polar surface area (TPSA) is 115 Å². The predicted molar refractivity (Wildman–Crippen MR) is 184 cm³/mol. The molecule has 7 rings (SSSR count). The number of benzene rings is 1. The molecule has 5 aliphatic heterocycles. The van der Waals surface area contributed by atoms with E-state index in [0.717, 1.165) is 48.3 Å². The Bertz CT molecular complexity index is 1500. The number of hydrogen-bond acceptors (Lipinski definition) is 8. The first-order valence-electron chi connectivity index (χ1n) is 17.1. The smallest absolute Gasteiger partial charge is 0.410 e. The van der Waals surface area contributed by atoms with Gasteiger partial charge in [0.15, 0.2) is 6.10 Å². The molecule has 4 saturated heterocycles. The van der Waals surface area contributed by atoms with Gasteiger partial charge in [-0.15, -0.1) is 11.3 Å². The number of anilines is 2. The Balaban J connectivity index is 1.00. The lowest BCUT2D eigenvalue weighted by atomic mass is 9.99. The zero-order valence-corrected chi connectivity index (χ0v) is 28.9. The maximum atomic E-state index is 14.1. The highest BCUT2D eigenvalue weighted by atomic mass is 35.5. The number of hydrogen-bond donors (Lipinski definition) is 2. The number of carbonyl (C=O) groups is 3. The third kappa shape index (κ3) is 6.54. The van der Waals surface area contributed by atoms with Crippen LogP contribution >= 0.6 is 22.9 Å². The van der Waals surface area contributed by atoms with Crippen LogP contribution in [-0.2, 0) is 28.9 Å². The van der Waals surface area contributed by atoms with E-state index in [1.807, 2.05) is 28.2 Å². The standard InChI is InChI=1S/C34H46ClN7O4S/c1-3-22-12-21(13-28(35)31(22)36)14-30(32(43)39-8-4-24(5-9-39)41-18-26-15-27(41)17-38(26)2)46-34(45)40-10-6-25(7-11-40)42-16-23-19-47-20-29(23)37-33(42)44/h12-13,19-20,24-27,30H,3-11,14-18,36H2,1-2H3,(H,37,44)/t26?,27?,30-/m1/s1. The molecule has 47 heavy (non-hydrogen) atoms. The number of rotatable bonds is 7. The number of carbonyl (C=O) groups excluding carboxylic acids is 3. The largest absolute Gasteiger partial charge is 0.436 e. The highest BCUT2D eigenvalue weighted by Crippen LogP contribution is 2.35. The minimum atomic E-state index is -0.970. The van der Waals surface area contributed by atoms with Gasteiger partial charge in [0, 0.05) is 80.8 Å². The van der Waals surface area contributed by atoms with Crippen molar-refractivity contribution in [3.63, 3.8) is 0 Å². The number of ether oxygens (including phenoxy) is 1. The van der Waals surface area contributed by atoms with Crippen molar-refractivity contribution in [3.05, 3.63) is 44.6 Å². The number of nitrogens with zero attached hydrogens (tertiary/aromatic N) is 5. The Labute approximate surface area is 285 Å². The minimum absolute atomic E-state index is 0.0291. The number of piperazine rings is 1. The van der Waals surface area contributed by atoms with E-state index in [0.29, 0.717) is 80.8 Å². The van der Waals surface area contributed by atoms with Crippen LogP contribution in [0.2, 0.25) is 5.02 Å². The van der Waals surface area contributed by atoms with Crippen molar-refractivity contribution in [1.82, 2.24) is 24.5 Å². The van der Waals surface area contributed by atoms with Crippen molar-refractivity contribution in [1.29, 1.82) is 0 Å². The van der Waals surface area contributed by atoms with E-state index in [9.17, 15) is 14.4 Å². The summed E-state index contributed by atoms with van der Waals surface area (Å²) in [4.78, 5) is 51.1. The molecule has 11 nitrogen and oxygen atoms in total. The summed E-state index contributed by atoms with van der Waals surface area (Å²) in [5.74, 6) is -0.156. The maximum absolute atomic E-state index is 14.1. The molecule has 0 radical (unpaired) electrons. The molecular weight excluding hydrogens is 638 g/mol. The summed E-state index contributed by atoms with van der Waals surface area (Å²) in [7, 11) is 2.22. The zero-order valence-electron chi connectivity index (χ0n) is 27.3. The Morgan fingerprint density at radius 2 is 1.74 bits per heavy atom. The second-order valence-corrected chi connectivity index (χ2v) is 15.1. The minimum Gasteiger partial charge on any atom is -0.436 e. The SMILES string of the molecule is CCc1cc(C[C@@H](OC(=O)N2CCC(N3Cc4cscc4NC3=O)CC2)C(=O)N2CCC(N3CC4CC3CN4C)CC2)cc(Cl)c1N. The van der Waals surface area contributed by atoms with E-state index in [1.165, 1.54) is 6.42 Å². The van der Waals surface area contributed by atoms with Crippen LogP contribution in [-0.4, -0.2) is 119 Å². The molecule has 2 unspecified atom stereocenters. The lowest BCUT2D eigenvalue weighted by Crippen LogP contribution is -2.55. The molecule has 1 aromatic carbocycles. The zero-order chi connectivity index (χ0) is 32.8. The van der Waals surface area contributed by atoms with E-state index in [1.54, 1.807) is 22.3 Å². The molecule has 13 heteroatoms. The molecule has 3 N–H and O–H groups in total. The molecule has 2 aromatic rings. The van der Waals surface area contributed by atoms with Gasteiger partial charge in [0.05, 0.1) is 22.9 Å². The summed E-state index contributed by atoms with van der Waals surface area (Å²) < 4.78 is 6.08. The number of thiophene rings is 1. The van der Waals surface area contributed by atoms with Crippen molar-refractivity contribution in [3.8, 4) is 0 Å². The number of likely N-dealkylation sites (tertiary alicyclic amines) is 4. The molecule has 2 bridgehead atoms. The van der Waals surface area contributed by atoms with Gasteiger partial charge in [-0.2, -0.15) is 0 Å². The van der Waals surface area contributed by atoms with Gasteiger partial charge >= 0.3 is 12.1 Å². The number of halogens is 1. The number of fused-ring (bicyclic) bond motifs is 3. The third-order valence-electron chi connectivity index (χ3n) is 11.1. The van der Waals surface area contributed by atoms with E-state index in [2.05, 4.69) is 27.5 Å². The second kappa shape index (κ2) is 13.4. The fourth-order valence-electron chi connectivity index (χ4n) is 8.36. The average molecular weight is 684 g/mol. The Kier molecular flexibility index (Phi) is 9.30. The first-order chi connectivity index (χ1) is 22.7. The first-order valence-corrected chi connectivity index (χ1v) is 18.4. The van der Waals surface area contributed by atoms with E-state index in [-0.39, 0.29) is 24.4 Å². The summed E-state index contributed by atoms with van der Waals surface area (Å²) in [5.41, 5.74) is 10.5. The molecule has 3 atom stereocenters. The summed E-state index contributed by atoms with van der Waals surface area (Å²) in [6.45, 7) is 7.05. The number of nitrogen functional groups attached to an aromatic ring is 1. The Morgan fingerprint density at radius 1 is 1.02 bits per heavy atom. The molecule has 0 saturated carbocycles. The van der Waals surface area contributed by atoms with Gasteiger partial charge in [-0.1, -0.05) is 24.6 Å². The van der Waals surface area contributed by atoms with E-state index < -0.39 is 12.2 Å². The third-order valence-corrected chi connectivity index (χ3v) is 12.3. The van der Waals surface area contributed by atoms with Crippen LogP contribution in [0, 0.1) is 0 Å². The maximum Gasteiger partial charge on any atom is 0.410 e. The molecule has 254 valence electrons. The van der Waals surface area contributed by atoms with Gasteiger partial charge in [0.2, 0.25) is 0 Å². The second-order valence-electron chi connectivity index (χ2n) is 13.9. The van der Waals surface area contributed by atoms with Crippen molar-refractivity contribution in [2.45, 2.75) is 88.7 Å². The molecule has 0 spiro atoms. The average Bonchev–Trinajstić information content (AvgIpc) is 3.81. The lowest BCUT2D eigenvalue weighted by Gasteiger charge is -2.42. The van der Waals surface area contributed by atoms with Crippen molar-refractivity contribution >= 4 is 52.3 Å². The van der Waals surface area contributed by atoms with Crippen LogP contribution in [0.1, 0.15) is 55.7 Å². The number of nitrogens with two attached hydrogens (primary N) is 1. The molecular formula is C34H46ClN7O4S. The number of amides is 4. The van der Waals surface area contributed by atoms with Crippen molar-refractivity contribution < 1.29 is 19.1 Å². The summed E-state index contributed by atoms with van der Waals surface area (Å²) in [6.07, 6.45) is 3.87. The quantitative estimate of drug-likeness (QED) is 0.414. The van der Waals surface area contributed by atoms with Gasteiger partial charge in [-0.25, -0.2) is 9.59 Å². The van der Waals surface area contributed by atoms with E-state index in [4.69, 9.17) is 22.1 Å². The first kappa shape index (κ1) is 32.5. The summed E-state index contributed by atoms with van der Waals surface area (Å²) >= 11 is 8.07. The van der Waals surface area contributed by atoms with Crippen LogP contribution in [0.25, 0.3) is 0 Å². The van der Waals surface area contributed by atoms with Gasteiger partial charge < -0.3 is 35.4 Å². The lowest BCUT2D eigenvalue weighted by molar-refractivity contribution is -0.142. The van der Waals surface area contributed by atoms with Crippen LogP contribution < -0.4 is 11.1 Å². The van der Waals surface area contributed by atoms with Gasteiger partial charge in [-0.05, 0) is 68.1 Å². The molecule has 5 aliphatic rings. The highest BCUT2D eigenvalue weighted by molar-refractivity contribution is 7.08. The van der Waals surface area contributed by atoms with Crippen LogP contribution in [0.15, 0.2) is 22.9 Å². The Morgan fingerprint density at radius 3 is 2.43 bits per heavy atom. The van der Waals surface area contributed by atoms with Gasteiger partial charge in [0.25, 0.3) is 5.91 Å². The van der Waals surface area contributed by atoms with Crippen molar-refractivity contribution in [2.75, 3.05) is 57.4 Å². The van der Waals surface area contributed by atoms with Gasteiger partial charge in [0.1, 0.15) is 0 Å². The summed E-state index contributed by atoms with van der Waals surface area (Å²) in [5, 5.41) is 7.46. The summed E-state index contributed by atoms with van der Waals surface area (Å²) in [6, 6.07) is 5.45. The molecule has 4 fully saturated rings. The molecule has 1 aromatic heterocycles. The van der Waals surface area contributed by atoms with Gasteiger partial charge in [-0.3, -0.25) is 9.69 Å². The number of likely N-dealkylation sites (N-methyl/N-ethyl adjacent to an activating group) is 1. The fraction of sp³-hybridized carbons (Fsp3) is 0.618. The number of piperidine rings is 2. The molecule has 4 amide bonds. The molecule has 0 aliphatic carbocycles. The fourth-order valence-corrected chi connectivity index (χ4v) is 9.40. The Hall–Kier alpha value is -3.06. The van der Waals surface area contributed by atoms with E-state index >= 15 is 0 Å². The monoisotopic (exact) mass is 683 g/mol. The number of aryl methyl sites for hydroxylation is 1. The molecule has 6 heterocycles. The predicted octanol–water partition coefficient (Wildman–Crippen LogP) is 4.49. The van der Waals surface area contributed by atoms with Crippen molar-refractivity contribution in [2.24, 2.45) is 0 Å². The van der Waals surface area contributed by atoms with Crippen LogP contribution in [0.3, 0.4) is 0 Å². The normalized spacial score (nSPS) is 24.8. The number of nitrogens with one attached hydrogen (secondary N) is 1. The number of urea groups is 1. The van der Waals surface area contributed by atoms with Crippen LogP contribution in [0.5, 0.6) is 0 Å². The highest BCUT2D eigenvalue weighted by Gasteiger charge is 2.45.